The lowest BCUT2D eigenvalue weighted by molar-refractivity contribution is 0.0955. The third kappa shape index (κ3) is 5.94. The number of nitrogens with zero attached hydrogens (tertiary/aromatic N) is 1. The van der Waals surface area contributed by atoms with Crippen LogP contribution in [-0.4, -0.2) is 12.1 Å². The predicted molar refractivity (Wildman–Crippen MR) is 111 cm³/mol. The summed E-state index contributed by atoms with van der Waals surface area (Å²) in [7, 11) is 0. The largest absolute Gasteiger partial charge is 0.489 e. The van der Waals surface area contributed by atoms with Gasteiger partial charge in [0.15, 0.2) is 0 Å². The van der Waals surface area contributed by atoms with Crippen LogP contribution in [0, 0.1) is 0 Å². The summed E-state index contributed by atoms with van der Waals surface area (Å²) in [6.07, 6.45) is 1.57. The summed E-state index contributed by atoms with van der Waals surface area (Å²) in [5.74, 6) is 0.440. The molecule has 0 aliphatic heterocycles. The first kappa shape index (κ1) is 19.1. The lowest BCUT2D eigenvalue weighted by Gasteiger charge is -2.07. The van der Waals surface area contributed by atoms with Gasteiger partial charge in [0.05, 0.1) is 6.21 Å². The SMILES string of the molecule is O=C(N/N=C\c1cccc(OCc2ccc(Cl)cc2)c1)c1cccc(Br)c1. The van der Waals surface area contributed by atoms with E-state index in [1.54, 1.807) is 24.4 Å². The average molecular weight is 444 g/mol. The fourth-order valence-electron chi connectivity index (χ4n) is 2.29. The third-order valence-electron chi connectivity index (χ3n) is 3.64. The molecule has 136 valence electrons. The van der Waals surface area contributed by atoms with Gasteiger partial charge in [0.2, 0.25) is 0 Å². The van der Waals surface area contributed by atoms with E-state index in [4.69, 9.17) is 16.3 Å². The number of amides is 1. The van der Waals surface area contributed by atoms with E-state index < -0.39 is 0 Å². The summed E-state index contributed by atoms with van der Waals surface area (Å²) >= 11 is 9.22. The molecule has 0 heterocycles. The molecule has 1 N–H and O–H groups in total. The van der Waals surface area contributed by atoms with Gasteiger partial charge in [0.1, 0.15) is 12.4 Å². The summed E-state index contributed by atoms with van der Waals surface area (Å²) in [5.41, 5.74) is 4.89. The Morgan fingerprint density at radius 1 is 1.07 bits per heavy atom. The van der Waals surface area contributed by atoms with Crippen LogP contribution in [0.3, 0.4) is 0 Å². The summed E-state index contributed by atoms with van der Waals surface area (Å²) < 4.78 is 6.62. The van der Waals surface area contributed by atoms with Crippen molar-refractivity contribution in [1.29, 1.82) is 0 Å². The standard InChI is InChI=1S/C21H16BrClN2O2/c22-18-5-2-4-17(12-18)21(26)25-24-13-16-3-1-6-20(11-16)27-14-15-7-9-19(23)10-8-15/h1-13H,14H2,(H,25,26)/b24-13-. The highest BCUT2D eigenvalue weighted by molar-refractivity contribution is 9.10. The van der Waals surface area contributed by atoms with Crippen molar-refractivity contribution in [2.45, 2.75) is 6.61 Å². The van der Waals surface area contributed by atoms with Gasteiger partial charge in [0.25, 0.3) is 5.91 Å². The highest BCUT2D eigenvalue weighted by Gasteiger charge is 2.04. The van der Waals surface area contributed by atoms with E-state index in [-0.39, 0.29) is 5.91 Å². The second-order valence-corrected chi connectivity index (χ2v) is 7.05. The topological polar surface area (TPSA) is 50.7 Å². The summed E-state index contributed by atoms with van der Waals surface area (Å²) in [6.45, 7) is 0.442. The van der Waals surface area contributed by atoms with Gasteiger partial charge in [-0.05, 0) is 53.6 Å². The zero-order chi connectivity index (χ0) is 19.1. The number of hydrazone groups is 1. The maximum atomic E-state index is 12.1. The number of carbonyl (C=O) groups excluding carboxylic acids is 1. The van der Waals surface area contributed by atoms with Gasteiger partial charge in [-0.3, -0.25) is 4.79 Å². The summed E-state index contributed by atoms with van der Waals surface area (Å²) in [4.78, 5) is 12.1. The van der Waals surface area contributed by atoms with Gasteiger partial charge in [-0.15, -0.1) is 0 Å². The quantitative estimate of drug-likeness (QED) is 0.407. The Morgan fingerprint density at radius 3 is 2.63 bits per heavy atom. The van der Waals surface area contributed by atoms with Crippen molar-refractivity contribution in [3.05, 3.63) is 99.0 Å². The first-order valence-corrected chi connectivity index (χ1v) is 9.33. The van der Waals surface area contributed by atoms with E-state index in [0.717, 1.165) is 15.6 Å². The molecule has 6 heteroatoms. The molecule has 0 saturated carbocycles. The number of hydrogen-bond donors (Lipinski definition) is 1. The van der Waals surface area contributed by atoms with Crippen LogP contribution in [0.4, 0.5) is 0 Å². The zero-order valence-electron chi connectivity index (χ0n) is 14.2. The van der Waals surface area contributed by atoms with Gasteiger partial charge < -0.3 is 4.74 Å². The molecule has 0 aliphatic rings. The van der Waals surface area contributed by atoms with E-state index in [9.17, 15) is 4.79 Å². The van der Waals surface area contributed by atoms with Crippen molar-refractivity contribution in [1.82, 2.24) is 5.43 Å². The number of ether oxygens (including phenoxy) is 1. The molecule has 0 saturated heterocycles. The second-order valence-electron chi connectivity index (χ2n) is 5.70. The molecule has 3 rings (SSSR count). The minimum Gasteiger partial charge on any atom is -0.489 e. The number of hydrogen-bond acceptors (Lipinski definition) is 3. The number of halogens is 2. The minimum absolute atomic E-state index is 0.275. The molecule has 3 aromatic carbocycles. The average Bonchev–Trinajstić information content (AvgIpc) is 2.68. The first-order valence-electron chi connectivity index (χ1n) is 8.16. The predicted octanol–water partition coefficient (Wildman–Crippen LogP) is 5.45. The van der Waals surface area contributed by atoms with Crippen LogP contribution in [0.1, 0.15) is 21.5 Å². The maximum Gasteiger partial charge on any atom is 0.271 e. The number of benzene rings is 3. The van der Waals surface area contributed by atoms with E-state index in [1.165, 1.54) is 0 Å². The first-order chi connectivity index (χ1) is 13.1. The molecule has 1 amide bonds. The smallest absolute Gasteiger partial charge is 0.271 e. The molecule has 4 nitrogen and oxygen atoms in total. The van der Waals surface area contributed by atoms with Gasteiger partial charge in [-0.2, -0.15) is 5.10 Å². The van der Waals surface area contributed by atoms with Crippen molar-refractivity contribution < 1.29 is 9.53 Å². The van der Waals surface area contributed by atoms with E-state index in [1.807, 2.05) is 54.6 Å². The lowest BCUT2D eigenvalue weighted by Crippen LogP contribution is -2.17. The van der Waals surface area contributed by atoms with Crippen molar-refractivity contribution in [2.75, 3.05) is 0 Å². The van der Waals surface area contributed by atoms with Crippen molar-refractivity contribution in [3.8, 4) is 5.75 Å². The van der Waals surface area contributed by atoms with Crippen molar-refractivity contribution in [3.63, 3.8) is 0 Å². The fourth-order valence-corrected chi connectivity index (χ4v) is 2.82. The lowest BCUT2D eigenvalue weighted by atomic mass is 10.2. The van der Waals surface area contributed by atoms with Crippen LogP contribution < -0.4 is 10.2 Å². The molecular weight excluding hydrogens is 428 g/mol. The maximum absolute atomic E-state index is 12.1. The number of rotatable bonds is 6. The minimum atomic E-state index is -0.275. The highest BCUT2D eigenvalue weighted by Crippen LogP contribution is 2.16. The second kappa shape index (κ2) is 9.35. The fraction of sp³-hybridized carbons (Fsp3) is 0.0476. The summed E-state index contributed by atoms with van der Waals surface area (Å²) in [6, 6.07) is 22.1. The molecule has 3 aromatic rings. The molecule has 0 aliphatic carbocycles. The zero-order valence-corrected chi connectivity index (χ0v) is 16.6. The Bertz CT molecular complexity index is 958. The Hall–Kier alpha value is -2.63. The van der Waals surface area contributed by atoms with E-state index in [2.05, 4.69) is 26.5 Å². The molecule has 0 unspecified atom stereocenters. The Labute approximate surface area is 171 Å². The number of nitrogens with one attached hydrogen (secondary N) is 1. The van der Waals surface area contributed by atoms with Crippen LogP contribution in [0.5, 0.6) is 5.75 Å². The molecular formula is C21H16BrClN2O2. The van der Waals surface area contributed by atoms with Crippen LogP contribution in [-0.2, 0) is 6.61 Å². The van der Waals surface area contributed by atoms with Crippen LogP contribution >= 0.6 is 27.5 Å². The molecule has 0 radical (unpaired) electrons. The van der Waals surface area contributed by atoms with Gasteiger partial charge in [-0.1, -0.05) is 57.9 Å². The van der Waals surface area contributed by atoms with Crippen molar-refractivity contribution in [2.24, 2.45) is 5.10 Å². The van der Waals surface area contributed by atoms with Gasteiger partial charge in [-0.25, -0.2) is 5.43 Å². The molecule has 0 spiro atoms. The number of carbonyl (C=O) groups is 1. The van der Waals surface area contributed by atoms with Crippen LogP contribution in [0.15, 0.2) is 82.4 Å². The molecule has 0 atom stereocenters. The third-order valence-corrected chi connectivity index (χ3v) is 4.39. The normalized spacial score (nSPS) is 10.7. The Kier molecular flexibility index (Phi) is 6.63. The summed E-state index contributed by atoms with van der Waals surface area (Å²) in [5, 5.41) is 4.70. The van der Waals surface area contributed by atoms with Crippen molar-refractivity contribution >= 4 is 39.7 Å². The Morgan fingerprint density at radius 2 is 1.85 bits per heavy atom. The molecule has 0 bridgehead atoms. The molecule has 27 heavy (non-hydrogen) atoms. The van der Waals surface area contributed by atoms with E-state index >= 15 is 0 Å². The van der Waals surface area contributed by atoms with Gasteiger partial charge in [0, 0.05) is 15.1 Å². The van der Waals surface area contributed by atoms with Crippen LogP contribution in [0.25, 0.3) is 0 Å². The highest BCUT2D eigenvalue weighted by atomic mass is 79.9. The van der Waals surface area contributed by atoms with E-state index in [0.29, 0.717) is 22.9 Å². The molecule has 0 fully saturated rings. The monoisotopic (exact) mass is 442 g/mol. The van der Waals surface area contributed by atoms with Crippen LogP contribution in [0.2, 0.25) is 5.02 Å². The molecule has 0 aromatic heterocycles. The van der Waals surface area contributed by atoms with Gasteiger partial charge >= 0.3 is 0 Å². The Balaban J connectivity index is 1.57.